The topological polar surface area (TPSA) is 45.2 Å². The van der Waals surface area contributed by atoms with Crippen molar-refractivity contribution in [3.63, 3.8) is 0 Å². The first kappa shape index (κ1) is 18.6. The van der Waals surface area contributed by atoms with Gasteiger partial charge in [0.15, 0.2) is 0 Å². The smallest absolute Gasteiger partial charge is 0.259 e. The van der Waals surface area contributed by atoms with Gasteiger partial charge in [-0.1, -0.05) is 36.4 Å². The van der Waals surface area contributed by atoms with Crippen molar-refractivity contribution in [2.24, 2.45) is 0 Å². The lowest BCUT2D eigenvalue weighted by Gasteiger charge is -2.21. The third-order valence-electron chi connectivity index (χ3n) is 4.61. The Morgan fingerprint density at radius 3 is 2.52 bits per heavy atom. The maximum atomic E-state index is 12.9. The third-order valence-corrected chi connectivity index (χ3v) is 4.61. The van der Waals surface area contributed by atoms with Gasteiger partial charge in [0.25, 0.3) is 5.91 Å². The molecule has 0 fully saturated rings. The van der Waals surface area contributed by atoms with Crippen LogP contribution in [0.15, 0.2) is 66.9 Å². The zero-order chi connectivity index (χ0) is 19.2. The van der Waals surface area contributed by atoms with Crippen molar-refractivity contribution < 1.29 is 4.79 Å². The number of nitrogens with one attached hydrogen (secondary N) is 1. The summed E-state index contributed by atoms with van der Waals surface area (Å²) in [7, 11) is 0. The van der Waals surface area contributed by atoms with E-state index in [1.165, 1.54) is 11.1 Å². The van der Waals surface area contributed by atoms with Crippen LogP contribution in [0.2, 0.25) is 0 Å². The Bertz CT molecular complexity index is 919. The molecule has 4 heteroatoms. The minimum atomic E-state index is -0.0407. The first-order chi connectivity index (χ1) is 13.1. The van der Waals surface area contributed by atoms with Gasteiger partial charge in [-0.25, -0.2) is 4.98 Å². The average Bonchev–Trinajstić information content (AvgIpc) is 2.68. The Morgan fingerprint density at radius 1 is 1.04 bits per heavy atom. The summed E-state index contributed by atoms with van der Waals surface area (Å²) in [5, 5.41) is 3.31. The lowest BCUT2D eigenvalue weighted by atomic mass is 10.1. The SMILES string of the molecule is CCN(C(=O)c1ccc(NCc2ccccc2C)nc1)c1cccc(C)c1. The van der Waals surface area contributed by atoms with Crippen LogP contribution in [0.4, 0.5) is 11.5 Å². The Morgan fingerprint density at radius 2 is 1.85 bits per heavy atom. The van der Waals surface area contributed by atoms with Crippen LogP contribution >= 0.6 is 0 Å². The van der Waals surface area contributed by atoms with E-state index in [1.807, 2.05) is 62.4 Å². The van der Waals surface area contributed by atoms with Gasteiger partial charge < -0.3 is 10.2 Å². The molecular formula is C23H25N3O. The fourth-order valence-corrected chi connectivity index (χ4v) is 3.01. The Balaban J connectivity index is 1.70. The molecule has 0 saturated heterocycles. The maximum absolute atomic E-state index is 12.9. The summed E-state index contributed by atoms with van der Waals surface area (Å²) in [4.78, 5) is 19.1. The van der Waals surface area contributed by atoms with Crippen LogP contribution in [-0.4, -0.2) is 17.4 Å². The Kier molecular flexibility index (Phi) is 5.87. The fraction of sp³-hybridized carbons (Fsp3) is 0.217. The van der Waals surface area contributed by atoms with Gasteiger partial charge in [-0.15, -0.1) is 0 Å². The van der Waals surface area contributed by atoms with Crippen LogP contribution in [-0.2, 0) is 6.54 Å². The Hall–Kier alpha value is -3.14. The number of nitrogens with zero attached hydrogens (tertiary/aromatic N) is 2. The maximum Gasteiger partial charge on any atom is 0.259 e. The van der Waals surface area contributed by atoms with Gasteiger partial charge in [0.1, 0.15) is 5.82 Å². The highest BCUT2D eigenvalue weighted by Crippen LogP contribution is 2.19. The molecule has 0 bridgehead atoms. The number of aryl methyl sites for hydroxylation is 2. The van der Waals surface area contributed by atoms with Crippen molar-refractivity contribution in [3.8, 4) is 0 Å². The monoisotopic (exact) mass is 359 g/mol. The first-order valence-corrected chi connectivity index (χ1v) is 9.21. The van der Waals surface area contributed by atoms with Crippen LogP contribution in [0, 0.1) is 13.8 Å². The van der Waals surface area contributed by atoms with Crippen LogP contribution in [0.3, 0.4) is 0 Å². The number of carbonyl (C=O) groups is 1. The lowest BCUT2D eigenvalue weighted by Crippen LogP contribution is -2.30. The van der Waals surface area contributed by atoms with Gasteiger partial charge in [0.2, 0.25) is 0 Å². The van der Waals surface area contributed by atoms with Crippen molar-refractivity contribution in [1.82, 2.24) is 4.98 Å². The minimum absolute atomic E-state index is 0.0407. The number of aromatic nitrogens is 1. The predicted octanol–water partition coefficient (Wildman–Crippen LogP) is 4.98. The molecule has 138 valence electrons. The molecule has 4 nitrogen and oxygen atoms in total. The van der Waals surface area contributed by atoms with E-state index >= 15 is 0 Å². The van der Waals surface area contributed by atoms with Crippen LogP contribution < -0.4 is 10.2 Å². The number of pyridine rings is 1. The van der Waals surface area contributed by atoms with Crippen molar-refractivity contribution in [1.29, 1.82) is 0 Å². The third kappa shape index (κ3) is 4.53. The number of benzene rings is 2. The van der Waals surface area contributed by atoms with Gasteiger partial charge in [-0.05, 0) is 61.7 Å². The number of carbonyl (C=O) groups excluding carboxylic acids is 1. The van der Waals surface area contributed by atoms with Crippen molar-refractivity contribution >= 4 is 17.4 Å². The molecule has 3 aromatic rings. The Labute approximate surface area is 160 Å². The van der Waals surface area contributed by atoms with E-state index in [-0.39, 0.29) is 5.91 Å². The normalized spacial score (nSPS) is 10.5. The van der Waals surface area contributed by atoms with E-state index in [9.17, 15) is 4.79 Å². The summed E-state index contributed by atoms with van der Waals surface area (Å²) < 4.78 is 0. The molecule has 0 radical (unpaired) electrons. The average molecular weight is 359 g/mol. The minimum Gasteiger partial charge on any atom is -0.366 e. The predicted molar refractivity (Wildman–Crippen MR) is 111 cm³/mol. The molecule has 27 heavy (non-hydrogen) atoms. The first-order valence-electron chi connectivity index (χ1n) is 9.21. The van der Waals surface area contributed by atoms with Gasteiger partial charge in [0, 0.05) is 25.0 Å². The molecule has 1 N–H and O–H groups in total. The summed E-state index contributed by atoms with van der Waals surface area (Å²) in [6, 6.07) is 19.9. The zero-order valence-electron chi connectivity index (χ0n) is 16.1. The summed E-state index contributed by atoms with van der Waals surface area (Å²) in [5.41, 5.74) is 5.10. The summed E-state index contributed by atoms with van der Waals surface area (Å²) in [6.07, 6.45) is 1.64. The molecule has 0 spiro atoms. The van der Waals surface area contributed by atoms with Crippen LogP contribution in [0.5, 0.6) is 0 Å². The van der Waals surface area contributed by atoms with Gasteiger partial charge in [0.05, 0.1) is 5.56 Å². The van der Waals surface area contributed by atoms with Gasteiger partial charge in [-0.2, -0.15) is 0 Å². The molecule has 0 saturated carbocycles. The highest BCUT2D eigenvalue weighted by atomic mass is 16.2. The van der Waals surface area contributed by atoms with E-state index in [4.69, 9.17) is 0 Å². The second-order valence-electron chi connectivity index (χ2n) is 6.60. The number of rotatable bonds is 6. The molecule has 1 amide bonds. The van der Waals surface area contributed by atoms with E-state index in [0.29, 0.717) is 18.7 Å². The summed E-state index contributed by atoms with van der Waals surface area (Å²) in [5.74, 6) is 0.717. The standard InChI is InChI=1S/C23H25N3O/c1-4-26(21-11-7-8-17(2)14-21)23(27)20-12-13-22(25-16-20)24-15-19-10-6-5-9-18(19)3/h5-14,16H,4,15H2,1-3H3,(H,24,25). The lowest BCUT2D eigenvalue weighted by molar-refractivity contribution is 0.0988. The van der Waals surface area contributed by atoms with Crippen molar-refractivity contribution in [2.75, 3.05) is 16.8 Å². The van der Waals surface area contributed by atoms with Gasteiger partial charge in [-0.3, -0.25) is 4.79 Å². The van der Waals surface area contributed by atoms with Crippen molar-refractivity contribution in [3.05, 3.63) is 89.1 Å². The highest BCUT2D eigenvalue weighted by Gasteiger charge is 2.16. The summed E-state index contributed by atoms with van der Waals surface area (Å²) >= 11 is 0. The molecule has 0 unspecified atom stereocenters. The van der Waals surface area contributed by atoms with E-state index < -0.39 is 0 Å². The molecule has 2 aromatic carbocycles. The zero-order valence-corrected chi connectivity index (χ0v) is 16.1. The molecule has 0 atom stereocenters. The van der Waals surface area contributed by atoms with Crippen LogP contribution in [0.1, 0.15) is 34.0 Å². The molecule has 3 rings (SSSR count). The molecule has 0 aliphatic rings. The fourth-order valence-electron chi connectivity index (χ4n) is 3.01. The number of amides is 1. The van der Waals surface area contributed by atoms with Crippen LogP contribution in [0.25, 0.3) is 0 Å². The van der Waals surface area contributed by atoms with E-state index in [2.05, 4.69) is 29.4 Å². The molecule has 1 heterocycles. The number of hydrogen-bond donors (Lipinski definition) is 1. The van der Waals surface area contributed by atoms with E-state index in [1.54, 1.807) is 11.1 Å². The summed E-state index contributed by atoms with van der Waals surface area (Å²) in [6.45, 7) is 7.41. The van der Waals surface area contributed by atoms with Gasteiger partial charge >= 0.3 is 0 Å². The second kappa shape index (κ2) is 8.49. The molecule has 1 aromatic heterocycles. The number of anilines is 2. The second-order valence-corrected chi connectivity index (χ2v) is 6.60. The van der Waals surface area contributed by atoms with Crippen molar-refractivity contribution in [2.45, 2.75) is 27.3 Å². The number of hydrogen-bond acceptors (Lipinski definition) is 3. The highest BCUT2D eigenvalue weighted by molar-refractivity contribution is 6.06. The van der Waals surface area contributed by atoms with E-state index in [0.717, 1.165) is 17.1 Å². The largest absolute Gasteiger partial charge is 0.366 e. The molecular weight excluding hydrogens is 334 g/mol. The quantitative estimate of drug-likeness (QED) is 0.675. The molecule has 0 aliphatic carbocycles. The molecule has 0 aliphatic heterocycles.